The summed E-state index contributed by atoms with van der Waals surface area (Å²) < 4.78 is 6.38. The molecule has 0 fully saturated rings. The molecule has 160 valence electrons. The van der Waals surface area contributed by atoms with Gasteiger partial charge in [-0.3, -0.25) is 24.3 Å². The van der Waals surface area contributed by atoms with Crippen LogP contribution in [-0.2, 0) is 11.3 Å². The van der Waals surface area contributed by atoms with Crippen LogP contribution in [0.5, 0.6) is 5.75 Å². The SMILES string of the molecule is C=CCn1c(SCC(=O)Nc2ccc(OC)cc2[N+](=O)[O-])nc2cc(Cl)ccc2c1=O. The predicted octanol–water partition coefficient (Wildman–Crippen LogP) is 3.88. The van der Waals surface area contributed by atoms with E-state index in [1.165, 1.54) is 29.9 Å². The molecule has 1 amide bonds. The number of amides is 1. The Morgan fingerprint density at radius 3 is 2.84 bits per heavy atom. The highest BCUT2D eigenvalue weighted by molar-refractivity contribution is 7.99. The number of anilines is 1. The van der Waals surface area contributed by atoms with Crippen molar-refractivity contribution in [3.05, 3.63) is 74.5 Å². The highest BCUT2D eigenvalue weighted by Crippen LogP contribution is 2.29. The molecule has 1 N–H and O–H groups in total. The van der Waals surface area contributed by atoms with Crippen LogP contribution in [0, 0.1) is 10.1 Å². The van der Waals surface area contributed by atoms with E-state index in [0.29, 0.717) is 26.8 Å². The first-order valence-corrected chi connectivity index (χ1v) is 10.3. The molecule has 2 aromatic carbocycles. The normalized spacial score (nSPS) is 10.6. The molecule has 3 aromatic rings. The van der Waals surface area contributed by atoms with E-state index < -0.39 is 10.8 Å². The van der Waals surface area contributed by atoms with Crippen molar-refractivity contribution >= 4 is 51.5 Å². The second kappa shape index (κ2) is 9.63. The Morgan fingerprint density at radius 1 is 1.39 bits per heavy atom. The predicted molar refractivity (Wildman–Crippen MR) is 120 cm³/mol. The summed E-state index contributed by atoms with van der Waals surface area (Å²) in [6.45, 7) is 3.86. The molecule has 0 aliphatic carbocycles. The third kappa shape index (κ3) is 5.04. The van der Waals surface area contributed by atoms with E-state index in [4.69, 9.17) is 16.3 Å². The number of ether oxygens (including phenoxy) is 1. The maximum atomic E-state index is 12.8. The van der Waals surface area contributed by atoms with Crippen molar-refractivity contribution in [1.82, 2.24) is 9.55 Å². The molecule has 0 spiro atoms. The van der Waals surface area contributed by atoms with Crippen molar-refractivity contribution < 1.29 is 14.5 Å². The summed E-state index contributed by atoms with van der Waals surface area (Å²) in [5.41, 5.74) is -0.125. The number of thioether (sulfide) groups is 1. The largest absolute Gasteiger partial charge is 0.496 e. The van der Waals surface area contributed by atoms with Crippen molar-refractivity contribution in [3.8, 4) is 5.75 Å². The van der Waals surface area contributed by atoms with E-state index in [1.54, 1.807) is 24.3 Å². The number of carbonyl (C=O) groups excluding carboxylic acids is 1. The minimum Gasteiger partial charge on any atom is -0.496 e. The van der Waals surface area contributed by atoms with Crippen LogP contribution in [0.25, 0.3) is 10.9 Å². The Morgan fingerprint density at radius 2 is 2.16 bits per heavy atom. The number of fused-ring (bicyclic) bond motifs is 1. The molecule has 0 saturated heterocycles. The van der Waals surface area contributed by atoms with E-state index in [-0.39, 0.29) is 29.2 Å². The minimum atomic E-state index is -0.609. The third-order valence-corrected chi connectivity index (χ3v) is 5.41. The van der Waals surface area contributed by atoms with E-state index in [2.05, 4.69) is 16.9 Å². The van der Waals surface area contributed by atoms with Gasteiger partial charge in [-0.2, -0.15) is 0 Å². The van der Waals surface area contributed by atoms with Gasteiger partial charge < -0.3 is 10.1 Å². The van der Waals surface area contributed by atoms with E-state index in [9.17, 15) is 19.7 Å². The Balaban J connectivity index is 1.85. The average molecular weight is 461 g/mol. The van der Waals surface area contributed by atoms with Gasteiger partial charge in [0.15, 0.2) is 5.16 Å². The molecule has 1 aromatic heterocycles. The van der Waals surface area contributed by atoms with Gasteiger partial charge in [0, 0.05) is 11.6 Å². The Bertz CT molecular complexity index is 1240. The van der Waals surface area contributed by atoms with Crippen LogP contribution >= 0.6 is 23.4 Å². The number of allylic oxidation sites excluding steroid dienone is 1. The van der Waals surface area contributed by atoms with Gasteiger partial charge in [0.1, 0.15) is 11.4 Å². The van der Waals surface area contributed by atoms with Gasteiger partial charge in [-0.15, -0.1) is 6.58 Å². The second-order valence-electron chi connectivity index (χ2n) is 6.24. The third-order valence-electron chi connectivity index (χ3n) is 4.20. The number of hydrogen-bond acceptors (Lipinski definition) is 7. The smallest absolute Gasteiger partial charge is 0.296 e. The highest BCUT2D eigenvalue weighted by atomic mass is 35.5. The number of carbonyl (C=O) groups is 1. The number of benzene rings is 2. The van der Waals surface area contributed by atoms with Crippen molar-refractivity contribution in [3.63, 3.8) is 0 Å². The van der Waals surface area contributed by atoms with Gasteiger partial charge in [0.05, 0.1) is 34.8 Å². The molecule has 31 heavy (non-hydrogen) atoms. The number of nitrogens with one attached hydrogen (secondary N) is 1. The molecular weight excluding hydrogens is 444 g/mol. The number of methoxy groups -OCH3 is 1. The fourth-order valence-electron chi connectivity index (χ4n) is 2.79. The Hall–Kier alpha value is -3.37. The first-order valence-electron chi connectivity index (χ1n) is 8.90. The summed E-state index contributed by atoms with van der Waals surface area (Å²) >= 11 is 7.03. The van der Waals surface area contributed by atoms with E-state index >= 15 is 0 Å². The first-order chi connectivity index (χ1) is 14.8. The molecule has 3 rings (SSSR count). The topological polar surface area (TPSA) is 116 Å². The average Bonchev–Trinajstić information content (AvgIpc) is 2.74. The Labute approximate surface area is 185 Å². The van der Waals surface area contributed by atoms with E-state index in [0.717, 1.165) is 11.8 Å². The number of hydrogen-bond donors (Lipinski definition) is 1. The molecule has 11 heteroatoms. The molecule has 0 unspecified atom stereocenters. The van der Waals surface area contributed by atoms with Crippen LogP contribution in [0.4, 0.5) is 11.4 Å². The van der Waals surface area contributed by atoms with Gasteiger partial charge in [0.2, 0.25) is 5.91 Å². The number of nitro groups is 1. The van der Waals surface area contributed by atoms with Crippen LogP contribution in [0.1, 0.15) is 0 Å². The van der Waals surface area contributed by atoms with E-state index in [1.807, 2.05) is 0 Å². The zero-order chi connectivity index (χ0) is 22.5. The monoisotopic (exact) mass is 460 g/mol. The molecule has 0 bridgehead atoms. The minimum absolute atomic E-state index is 0.0399. The molecule has 0 atom stereocenters. The summed E-state index contributed by atoms with van der Waals surface area (Å²) in [5, 5.41) is 14.9. The zero-order valence-corrected chi connectivity index (χ0v) is 17.9. The van der Waals surface area contributed by atoms with Crippen LogP contribution < -0.4 is 15.6 Å². The van der Waals surface area contributed by atoms with Crippen LogP contribution in [-0.4, -0.2) is 33.2 Å². The maximum Gasteiger partial charge on any atom is 0.296 e. The van der Waals surface area contributed by atoms with Gasteiger partial charge >= 0.3 is 0 Å². The lowest BCUT2D eigenvalue weighted by molar-refractivity contribution is -0.384. The van der Waals surface area contributed by atoms with Gasteiger partial charge in [0.25, 0.3) is 11.2 Å². The standard InChI is InChI=1S/C20H17ClN4O5S/c1-3-8-24-19(27)14-6-4-12(21)9-16(14)23-20(24)31-11-18(26)22-15-7-5-13(30-2)10-17(15)25(28)29/h3-7,9-10H,1,8,11H2,2H3,(H,22,26). The fraction of sp³-hybridized carbons (Fsp3) is 0.150. The Kier molecular flexibility index (Phi) is 6.93. The summed E-state index contributed by atoms with van der Waals surface area (Å²) in [4.78, 5) is 40.4. The lowest BCUT2D eigenvalue weighted by Crippen LogP contribution is -2.24. The highest BCUT2D eigenvalue weighted by Gasteiger charge is 2.18. The quantitative estimate of drug-likeness (QED) is 0.178. The molecule has 0 aliphatic rings. The van der Waals surface area contributed by atoms with Crippen molar-refractivity contribution in [2.24, 2.45) is 0 Å². The number of aromatic nitrogens is 2. The molecular formula is C20H17ClN4O5S. The first kappa shape index (κ1) is 22.3. The number of halogens is 1. The van der Waals surface area contributed by atoms with Gasteiger partial charge in [-0.1, -0.05) is 29.4 Å². The van der Waals surface area contributed by atoms with Crippen LogP contribution in [0.3, 0.4) is 0 Å². The number of rotatable bonds is 8. The maximum absolute atomic E-state index is 12.8. The lowest BCUT2D eigenvalue weighted by atomic mass is 10.2. The molecule has 0 saturated carbocycles. The number of nitrogens with zero attached hydrogens (tertiary/aromatic N) is 3. The molecule has 1 heterocycles. The molecule has 0 aliphatic heterocycles. The lowest BCUT2D eigenvalue weighted by Gasteiger charge is -2.12. The van der Waals surface area contributed by atoms with Crippen molar-refractivity contribution in [2.75, 3.05) is 18.2 Å². The second-order valence-corrected chi connectivity index (χ2v) is 7.62. The summed E-state index contributed by atoms with van der Waals surface area (Å²) in [6.07, 6.45) is 1.55. The number of nitro benzene ring substituents is 1. The summed E-state index contributed by atoms with van der Waals surface area (Å²) in [5.74, 6) is -0.325. The summed E-state index contributed by atoms with van der Waals surface area (Å²) in [6, 6.07) is 8.89. The fourth-order valence-corrected chi connectivity index (χ4v) is 3.76. The van der Waals surface area contributed by atoms with Crippen molar-refractivity contribution in [1.29, 1.82) is 0 Å². The molecule has 0 radical (unpaired) electrons. The van der Waals surface area contributed by atoms with Gasteiger partial charge in [-0.25, -0.2) is 4.98 Å². The zero-order valence-electron chi connectivity index (χ0n) is 16.3. The van der Waals surface area contributed by atoms with Crippen LogP contribution in [0.2, 0.25) is 5.02 Å². The van der Waals surface area contributed by atoms with Crippen LogP contribution in [0.15, 0.2) is 59.0 Å². The van der Waals surface area contributed by atoms with Gasteiger partial charge in [-0.05, 0) is 30.3 Å². The van der Waals surface area contributed by atoms with Crippen molar-refractivity contribution in [2.45, 2.75) is 11.7 Å². The molecule has 9 nitrogen and oxygen atoms in total. The summed E-state index contributed by atoms with van der Waals surface area (Å²) in [7, 11) is 1.39.